The molecule has 0 bridgehead atoms. The van der Waals surface area contributed by atoms with Gasteiger partial charge >= 0.3 is 12.1 Å². The molecule has 1 rings (SSSR count). The zero-order chi connectivity index (χ0) is 13.7. The second kappa shape index (κ2) is 5.90. The summed E-state index contributed by atoms with van der Waals surface area (Å²) < 4.78 is 4.85. The molecule has 18 heavy (non-hydrogen) atoms. The Hall–Kier alpha value is -2.24. The molecule has 0 radical (unpaired) electrons. The van der Waals surface area contributed by atoms with Crippen LogP contribution in [-0.4, -0.2) is 28.9 Å². The minimum atomic E-state index is -1.27. The maximum absolute atomic E-state index is 11.4. The molecule has 6 nitrogen and oxygen atoms in total. The fourth-order valence-corrected chi connectivity index (χ4v) is 1.21. The summed E-state index contributed by atoms with van der Waals surface area (Å²) in [6.07, 6.45) is -0.735. The molecular formula is C12H15NO5. The summed E-state index contributed by atoms with van der Waals surface area (Å²) in [6.45, 7) is 4.01. The first-order valence-electron chi connectivity index (χ1n) is 5.41. The number of phenols is 1. The van der Waals surface area contributed by atoms with Crippen LogP contribution in [0.5, 0.6) is 5.75 Å². The number of hydrogen-bond acceptors (Lipinski definition) is 4. The fourth-order valence-electron chi connectivity index (χ4n) is 1.21. The quantitative estimate of drug-likeness (QED) is 0.715. The van der Waals surface area contributed by atoms with Crippen LogP contribution in [0.1, 0.15) is 24.2 Å². The third-order valence-corrected chi connectivity index (χ3v) is 2.05. The van der Waals surface area contributed by atoms with Gasteiger partial charge in [-0.2, -0.15) is 0 Å². The number of aromatic carboxylic acids is 1. The number of amides is 1. The van der Waals surface area contributed by atoms with Crippen LogP contribution < -0.4 is 5.32 Å². The molecule has 6 heteroatoms. The molecule has 0 aliphatic heterocycles. The molecule has 0 saturated carbocycles. The number of carbonyl (C=O) groups is 2. The maximum atomic E-state index is 11.4. The average molecular weight is 253 g/mol. The summed E-state index contributed by atoms with van der Waals surface area (Å²) in [6, 6.07) is 4.04. The highest BCUT2D eigenvalue weighted by Crippen LogP contribution is 2.27. The van der Waals surface area contributed by atoms with E-state index in [-0.39, 0.29) is 23.8 Å². The maximum Gasteiger partial charge on any atom is 0.411 e. The predicted molar refractivity (Wildman–Crippen MR) is 64.9 cm³/mol. The largest absolute Gasteiger partial charge is 0.505 e. The normalized spacial score (nSPS) is 10.2. The Balaban J connectivity index is 2.76. The Bertz CT molecular complexity index is 456. The molecule has 1 amide bonds. The zero-order valence-electron chi connectivity index (χ0n) is 10.1. The van der Waals surface area contributed by atoms with Crippen molar-refractivity contribution in [2.24, 2.45) is 5.92 Å². The molecule has 1 aromatic carbocycles. The van der Waals surface area contributed by atoms with E-state index in [1.807, 2.05) is 13.8 Å². The molecule has 0 heterocycles. The molecule has 0 spiro atoms. The number of para-hydroxylation sites is 1. The van der Waals surface area contributed by atoms with Gasteiger partial charge in [0.15, 0.2) is 5.75 Å². The van der Waals surface area contributed by atoms with Gasteiger partial charge in [0.25, 0.3) is 0 Å². The number of carboxylic acid groups (broad SMARTS) is 1. The van der Waals surface area contributed by atoms with Crippen LogP contribution in [0.4, 0.5) is 10.5 Å². The van der Waals surface area contributed by atoms with E-state index in [1.165, 1.54) is 18.2 Å². The summed E-state index contributed by atoms with van der Waals surface area (Å²) in [5.74, 6) is -1.58. The van der Waals surface area contributed by atoms with E-state index in [9.17, 15) is 14.7 Å². The lowest BCUT2D eigenvalue weighted by Crippen LogP contribution is -2.17. The van der Waals surface area contributed by atoms with Gasteiger partial charge in [-0.15, -0.1) is 0 Å². The van der Waals surface area contributed by atoms with E-state index < -0.39 is 17.8 Å². The van der Waals surface area contributed by atoms with Crippen molar-refractivity contribution in [2.45, 2.75) is 13.8 Å². The van der Waals surface area contributed by atoms with Crippen molar-refractivity contribution in [1.82, 2.24) is 0 Å². The van der Waals surface area contributed by atoms with Crippen LogP contribution in [0.25, 0.3) is 0 Å². The van der Waals surface area contributed by atoms with E-state index in [2.05, 4.69) is 5.32 Å². The van der Waals surface area contributed by atoms with E-state index >= 15 is 0 Å². The second-order valence-electron chi connectivity index (χ2n) is 4.12. The Morgan fingerprint density at radius 3 is 2.61 bits per heavy atom. The Kier molecular flexibility index (Phi) is 4.53. The van der Waals surface area contributed by atoms with Gasteiger partial charge in [-0.25, -0.2) is 9.59 Å². The Morgan fingerprint density at radius 1 is 1.39 bits per heavy atom. The van der Waals surface area contributed by atoms with E-state index in [0.29, 0.717) is 0 Å². The smallest absolute Gasteiger partial charge is 0.411 e. The third kappa shape index (κ3) is 3.65. The highest BCUT2D eigenvalue weighted by molar-refractivity contribution is 5.96. The summed E-state index contributed by atoms with van der Waals surface area (Å²) in [5, 5.41) is 20.7. The minimum absolute atomic E-state index is 0.00339. The van der Waals surface area contributed by atoms with Crippen LogP contribution in [0.3, 0.4) is 0 Å². The number of carboxylic acids is 1. The van der Waals surface area contributed by atoms with E-state index in [1.54, 1.807) is 0 Å². The van der Waals surface area contributed by atoms with Gasteiger partial charge in [0, 0.05) is 0 Å². The Morgan fingerprint density at radius 2 is 2.06 bits per heavy atom. The van der Waals surface area contributed by atoms with E-state index in [0.717, 1.165) is 0 Å². The first kappa shape index (κ1) is 13.8. The number of ether oxygens (including phenoxy) is 1. The van der Waals surface area contributed by atoms with Gasteiger partial charge in [-0.05, 0) is 18.1 Å². The number of nitrogens with one attached hydrogen (secondary N) is 1. The monoisotopic (exact) mass is 253 g/mol. The summed E-state index contributed by atoms with van der Waals surface area (Å²) >= 11 is 0. The van der Waals surface area contributed by atoms with Crippen molar-refractivity contribution in [3.63, 3.8) is 0 Å². The molecule has 1 aromatic rings. The first-order valence-corrected chi connectivity index (χ1v) is 5.41. The minimum Gasteiger partial charge on any atom is -0.505 e. The number of hydrogen-bond donors (Lipinski definition) is 3. The molecule has 0 aromatic heterocycles. The Labute approximate surface area is 104 Å². The van der Waals surface area contributed by atoms with Gasteiger partial charge in [0.05, 0.1) is 12.3 Å². The van der Waals surface area contributed by atoms with Gasteiger partial charge in [0.2, 0.25) is 0 Å². The van der Waals surface area contributed by atoms with Crippen molar-refractivity contribution in [3.05, 3.63) is 23.8 Å². The standard InChI is InChI=1S/C12H15NO5/c1-7(2)6-18-12(17)13-9-5-3-4-8(10(9)14)11(15)16/h3-5,7,14H,6H2,1-2H3,(H,13,17)(H,15,16). The van der Waals surface area contributed by atoms with Crippen molar-refractivity contribution < 1.29 is 24.5 Å². The second-order valence-corrected chi connectivity index (χ2v) is 4.12. The van der Waals surface area contributed by atoms with Crippen molar-refractivity contribution in [2.75, 3.05) is 11.9 Å². The lowest BCUT2D eigenvalue weighted by Gasteiger charge is -2.10. The van der Waals surface area contributed by atoms with Gasteiger partial charge in [-0.1, -0.05) is 19.9 Å². The van der Waals surface area contributed by atoms with Crippen LogP contribution in [0, 0.1) is 5.92 Å². The van der Waals surface area contributed by atoms with Gasteiger partial charge < -0.3 is 14.9 Å². The predicted octanol–water partition coefficient (Wildman–Crippen LogP) is 2.29. The van der Waals surface area contributed by atoms with Crippen LogP contribution in [0.15, 0.2) is 18.2 Å². The summed E-state index contributed by atoms with van der Waals surface area (Å²) in [5.41, 5.74) is -0.277. The number of rotatable bonds is 4. The zero-order valence-corrected chi connectivity index (χ0v) is 10.1. The molecule has 0 atom stereocenters. The van der Waals surface area contributed by atoms with Crippen LogP contribution in [-0.2, 0) is 4.74 Å². The van der Waals surface area contributed by atoms with Crippen molar-refractivity contribution in [3.8, 4) is 5.75 Å². The highest BCUT2D eigenvalue weighted by atomic mass is 16.5. The number of benzene rings is 1. The lowest BCUT2D eigenvalue weighted by atomic mass is 10.2. The molecule has 3 N–H and O–H groups in total. The molecule has 0 saturated heterocycles. The number of aromatic hydroxyl groups is 1. The molecule has 0 aliphatic rings. The highest BCUT2D eigenvalue weighted by Gasteiger charge is 2.15. The average Bonchev–Trinajstić information content (AvgIpc) is 2.29. The van der Waals surface area contributed by atoms with Crippen molar-refractivity contribution in [1.29, 1.82) is 0 Å². The topological polar surface area (TPSA) is 95.9 Å². The third-order valence-electron chi connectivity index (χ3n) is 2.05. The van der Waals surface area contributed by atoms with Crippen LogP contribution >= 0.6 is 0 Å². The van der Waals surface area contributed by atoms with Gasteiger partial charge in [-0.3, -0.25) is 5.32 Å². The van der Waals surface area contributed by atoms with Gasteiger partial charge in [0.1, 0.15) is 5.56 Å². The molecule has 0 aliphatic carbocycles. The number of carbonyl (C=O) groups excluding carboxylic acids is 1. The first-order chi connectivity index (χ1) is 8.41. The van der Waals surface area contributed by atoms with Crippen LogP contribution in [0.2, 0.25) is 0 Å². The molecule has 98 valence electrons. The summed E-state index contributed by atoms with van der Waals surface area (Å²) in [4.78, 5) is 22.1. The lowest BCUT2D eigenvalue weighted by molar-refractivity contribution is 0.0693. The molecule has 0 fully saturated rings. The molecular weight excluding hydrogens is 238 g/mol. The fraction of sp³-hybridized carbons (Fsp3) is 0.333. The van der Waals surface area contributed by atoms with Crippen molar-refractivity contribution >= 4 is 17.7 Å². The SMILES string of the molecule is CC(C)COC(=O)Nc1cccc(C(=O)O)c1O. The molecule has 0 unspecified atom stereocenters. The number of anilines is 1. The van der Waals surface area contributed by atoms with E-state index in [4.69, 9.17) is 9.84 Å². The summed E-state index contributed by atoms with van der Waals surface area (Å²) in [7, 11) is 0.